The van der Waals surface area contributed by atoms with E-state index in [4.69, 9.17) is 14.6 Å². The molecule has 0 saturated carbocycles. The van der Waals surface area contributed by atoms with Crippen molar-refractivity contribution in [2.75, 3.05) is 40.4 Å². The number of halogens is 3. The maximum Gasteiger partial charge on any atom is 0.416 e. The molecule has 6 nitrogen and oxygen atoms in total. The highest BCUT2D eigenvalue weighted by Gasteiger charge is 2.33. The Morgan fingerprint density at radius 2 is 2.08 bits per heavy atom. The molecule has 0 aliphatic carbocycles. The summed E-state index contributed by atoms with van der Waals surface area (Å²) in [5, 5.41) is 6.89. The maximum absolute atomic E-state index is 12.8. The van der Waals surface area contributed by atoms with Gasteiger partial charge in [-0.05, 0) is 32.3 Å². The molecule has 1 fully saturated rings. The number of amides is 1. The summed E-state index contributed by atoms with van der Waals surface area (Å²) in [7, 11) is 3.75. The van der Waals surface area contributed by atoms with Gasteiger partial charge in [-0.2, -0.15) is 13.2 Å². The summed E-state index contributed by atoms with van der Waals surface area (Å²) in [5.41, 5.74) is -0.753. The number of ether oxygens (including phenoxy) is 1. The van der Waals surface area contributed by atoms with Crippen molar-refractivity contribution < 1.29 is 32.6 Å². The first-order valence-electron chi connectivity index (χ1n) is 7.49. The van der Waals surface area contributed by atoms with Crippen LogP contribution in [0.2, 0.25) is 0 Å². The Morgan fingerprint density at radius 3 is 2.64 bits per heavy atom. The molecule has 1 aromatic rings. The first kappa shape index (κ1) is 20.9. The van der Waals surface area contributed by atoms with Gasteiger partial charge in [-0.1, -0.05) is 6.07 Å². The van der Waals surface area contributed by atoms with Crippen molar-refractivity contribution in [1.29, 1.82) is 0 Å². The standard InChI is InChI=1S/C15H19F3N2O2.CH2O2/c1-19(2)9-13-10-22-7-6-20(13)14(21)11-4-3-5-12(8-11)15(16,17)18;2-1-3/h3-5,8,13H,6-7,9-10H2,1-2H3;1H,(H,2,3). The average Bonchev–Trinajstić information content (AvgIpc) is 2.54. The average molecular weight is 362 g/mol. The Morgan fingerprint density at radius 1 is 1.44 bits per heavy atom. The van der Waals surface area contributed by atoms with Gasteiger partial charge in [-0.15, -0.1) is 0 Å². The quantitative estimate of drug-likeness (QED) is 0.831. The van der Waals surface area contributed by atoms with Crippen LogP contribution in [0, 0.1) is 0 Å². The number of alkyl halides is 3. The van der Waals surface area contributed by atoms with E-state index in [2.05, 4.69) is 0 Å². The zero-order valence-corrected chi connectivity index (χ0v) is 14.0. The van der Waals surface area contributed by atoms with Crippen LogP contribution in [0.3, 0.4) is 0 Å². The lowest BCUT2D eigenvalue weighted by Gasteiger charge is -2.37. The molecule has 1 N–H and O–H groups in total. The second-order valence-electron chi connectivity index (χ2n) is 5.67. The highest BCUT2D eigenvalue weighted by molar-refractivity contribution is 5.94. The number of hydrogen-bond donors (Lipinski definition) is 1. The summed E-state index contributed by atoms with van der Waals surface area (Å²) in [6, 6.07) is 4.39. The van der Waals surface area contributed by atoms with Crippen LogP contribution < -0.4 is 0 Å². The lowest BCUT2D eigenvalue weighted by Crippen LogP contribution is -2.52. The molecule has 25 heavy (non-hydrogen) atoms. The molecule has 1 heterocycles. The van der Waals surface area contributed by atoms with Crippen LogP contribution in [0.4, 0.5) is 13.2 Å². The molecule has 9 heteroatoms. The molecule has 1 saturated heterocycles. The van der Waals surface area contributed by atoms with Crippen molar-refractivity contribution in [3.8, 4) is 0 Å². The lowest BCUT2D eigenvalue weighted by atomic mass is 10.1. The Labute approximate surface area is 143 Å². The summed E-state index contributed by atoms with van der Waals surface area (Å²) in [5.74, 6) is -0.388. The second kappa shape index (κ2) is 9.38. The second-order valence-corrected chi connectivity index (χ2v) is 5.67. The van der Waals surface area contributed by atoms with Crippen LogP contribution >= 0.6 is 0 Å². The SMILES string of the molecule is CN(C)CC1COCCN1C(=O)c1cccc(C(F)(F)F)c1.O=CO. The molecule has 0 aromatic heterocycles. The van der Waals surface area contributed by atoms with Crippen LogP contribution in [0.1, 0.15) is 15.9 Å². The summed E-state index contributed by atoms with van der Waals surface area (Å²) >= 11 is 0. The number of rotatable bonds is 3. The third-order valence-corrected chi connectivity index (χ3v) is 3.50. The fraction of sp³-hybridized carbons (Fsp3) is 0.500. The number of hydrogen-bond acceptors (Lipinski definition) is 4. The van der Waals surface area contributed by atoms with Gasteiger partial charge < -0.3 is 19.6 Å². The predicted octanol–water partition coefficient (Wildman–Crippen LogP) is 1.81. The predicted molar refractivity (Wildman–Crippen MR) is 84.3 cm³/mol. The topological polar surface area (TPSA) is 70.1 Å². The number of carbonyl (C=O) groups excluding carboxylic acids is 1. The van der Waals surface area contributed by atoms with E-state index in [0.29, 0.717) is 26.3 Å². The molecule has 1 unspecified atom stereocenters. The lowest BCUT2D eigenvalue weighted by molar-refractivity contribution is -0.137. The van der Waals surface area contributed by atoms with Gasteiger partial charge >= 0.3 is 6.18 Å². The van der Waals surface area contributed by atoms with Crippen molar-refractivity contribution in [2.45, 2.75) is 12.2 Å². The van der Waals surface area contributed by atoms with Gasteiger partial charge in [0, 0.05) is 18.7 Å². The third kappa shape index (κ3) is 6.35. The minimum atomic E-state index is -4.45. The van der Waals surface area contributed by atoms with Gasteiger partial charge in [-0.3, -0.25) is 9.59 Å². The van der Waals surface area contributed by atoms with E-state index in [0.717, 1.165) is 12.1 Å². The number of nitrogens with zero attached hydrogens (tertiary/aromatic N) is 2. The maximum atomic E-state index is 12.8. The zero-order chi connectivity index (χ0) is 19.0. The molecule has 1 atom stereocenters. The molecule has 1 aliphatic heterocycles. The highest BCUT2D eigenvalue weighted by Crippen LogP contribution is 2.30. The van der Waals surface area contributed by atoms with Gasteiger partial charge in [0.05, 0.1) is 24.8 Å². The number of likely N-dealkylation sites (N-methyl/N-ethyl adjacent to an activating group) is 1. The molecule has 0 spiro atoms. The summed E-state index contributed by atoms with van der Waals surface area (Å²) < 4.78 is 43.7. The Hall–Kier alpha value is -2.13. The molecule has 0 bridgehead atoms. The number of benzene rings is 1. The molecule has 2 rings (SSSR count). The molecule has 1 amide bonds. The fourth-order valence-corrected chi connectivity index (χ4v) is 2.49. The molecular weight excluding hydrogens is 341 g/mol. The Bertz CT molecular complexity index is 579. The smallest absolute Gasteiger partial charge is 0.416 e. The Kier molecular flexibility index (Phi) is 7.85. The van der Waals surface area contributed by atoms with E-state index in [9.17, 15) is 18.0 Å². The minimum absolute atomic E-state index is 0.0560. The van der Waals surface area contributed by atoms with E-state index in [-0.39, 0.29) is 24.0 Å². The third-order valence-electron chi connectivity index (χ3n) is 3.50. The first-order chi connectivity index (χ1) is 11.7. The summed E-state index contributed by atoms with van der Waals surface area (Å²) in [6.45, 7) is 1.52. The van der Waals surface area contributed by atoms with Crippen molar-refractivity contribution in [3.63, 3.8) is 0 Å². The van der Waals surface area contributed by atoms with Crippen LogP contribution in [0.5, 0.6) is 0 Å². The van der Waals surface area contributed by atoms with Crippen molar-refractivity contribution in [3.05, 3.63) is 35.4 Å². The van der Waals surface area contributed by atoms with E-state index in [1.807, 2.05) is 19.0 Å². The van der Waals surface area contributed by atoms with Gasteiger partial charge in [0.2, 0.25) is 0 Å². The fourth-order valence-electron chi connectivity index (χ4n) is 2.49. The van der Waals surface area contributed by atoms with Crippen LogP contribution in [0.25, 0.3) is 0 Å². The van der Waals surface area contributed by atoms with Crippen LogP contribution in [0.15, 0.2) is 24.3 Å². The van der Waals surface area contributed by atoms with Crippen molar-refractivity contribution >= 4 is 12.4 Å². The van der Waals surface area contributed by atoms with E-state index in [1.54, 1.807) is 4.90 Å². The van der Waals surface area contributed by atoms with Crippen LogP contribution in [-0.2, 0) is 15.7 Å². The minimum Gasteiger partial charge on any atom is -0.483 e. The van der Waals surface area contributed by atoms with Gasteiger partial charge in [0.1, 0.15) is 0 Å². The Balaban J connectivity index is 0.000000970. The summed E-state index contributed by atoms with van der Waals surface area (Å²) in [6.07, 6.45) is -4.45. The first-order valence-corrected chi connectivity index (χ1v) is 7.49. The molecule has 140 valence electrons. The largest absolute Gasteiger partial charge is 0.483 e. The number of carbonyl (C=O) groups is 2. The monoisotopic (exact) mass is 362 g/mol. The van der Waals surface area contributed by atoms with Crippen molar-refractivity contribution in [2.24, 2.45) is 0 Å². The molecule has 0 radical (unpaired) electrons. The number of morpholine rings is 1. The van der Waals surface area contributed by atoms with Gasteiger partial charge in [0.15, 0.2) is 0 Å². The number of carboxylic acid groups (broad SMARTS) is 1. The highest BCUT2D eigenvalue weighted by atomic mass is 19.4. The molecule has 1 aliphatic rings. The zero-order valence-electron chi connectivity index (χ0n) is 14.0. The van der Waals surface area contributed by atoms with E-state index < -0.39 is 11.7 Å². The molecule has 1 aromatic carbocycles. The van der Waals surface area contributed by atoms with E-state index >= 15 is 0 Å². The normalized spacial score (nSPS) is 17.7. The van der Waals surface area contributed by atoms with E-state index in [1.165, 1.54) is 12.1 Å². The molecular formula is C16H21F3N2O4. The summed E-state index contributed by atoms with van der Waals surface area (Å²) in [4.78, 5) is 24.4. The van der Waals surface area contributed by atoms with Gasteiger partial charge in [-0.25, -0.2) is 0 Å². The van der Waals surface area contributed by atoms with Gasteiger partial charge in [0.25, 0.3) is 12.4 Å². The van der Waals surface area contributed by atoms with Crippen LogP contribution in [-0.4, -0.2) is 73.7 Å². The van der Waals surface area contributed by atoms with Crippen molar-refractivity contribution in [1.82, 2.24) is 9.80 Å².